The fraction of sp³-hybridized carbons (Fsp3) is 0.250. The van der Waals surface area contributed by atoms with Gasteiger partial charge in [-0.1, -0.05) is 18.7 Å². The summed E-state index contributed by atoms with van der Waals surface area (Å²) in [6.07, 6.45) is 4.70. The number of anilines is 1. The Balaban J connectivity index is 1.76. The molecule has 0 saturated heterocycles. The number of benzene rings is 1. The molecular weight excluding hydrogens is 328 g/mol. The number of aromatic nitrogens is 3. The zero-order valence-electron chi connectivity index (χ0n) is 14.5. The lowest BCUT2D eigenvalue weighted by Gasteiger charge is -2.41. The van der Waals surface area contributed by atoms with Gasteiger partial charge in [0.25, 0.3) is 0 Å². The number of phenols is 1. The summed E-state index contributed by atoms with van der Waals surface area (Å²) in [4.78, 5) is 4.45. The molecular formula is C20H20N4O2. The third-order valence-electron chi connectivity index (χ3n) is 4.76. The van der Waals surface area contributed by atoms with Gasteiger partial charge in [-0.25, -0.2) is 0 Å². The molecule has 2 aromatic heterocycles. The zero-order valence-corrected chi connectivity index (χ0v) is 14.5. The molecule has 4 rings (SSSR count). The lowest BCUT2D eigenvalue weighted by molar-refractivity contribution is -0.0235. The van der Waals surface area contributed by atoms with Crippen LogP contribution in [0.1, 0.15) is 25.3 Å². The van der Waals surface area contributed by atoms with Crippen LogP contribution in [0.5, 0.6) is 5.75 Å². The normalized spacial score (nSPS) is 22.0. The molecule has 1 fully saturated rings. The number of pyridine rings is 1. The summed E-state index contributed by atoms with van der Waals surface area (Å²) in [6.45, 7) is 5.54. The van der Waals surface area contributed by atoms with Crippen LogP contribution in [0.2, 0.25) is 0 Å². The average molecular weight is 348 g/mol. The Hall–Kier alpha value is -2.99. The van der Waals surface area contributed by atoms with E-state index in [1.807, 2.05) is 25.1 Å². The molecule has 3 N–H and O–H groups in total. The Bertz CT molecular complexity index is 992. The highest BCUT2D eigenvalue weighted by molar-refractivity contribution is 5.98. The van der Waals surface area contributed by atoms with E-state index < -0.39 is 5.60 Å². The van der Waals surface area contributed by atoms with Crippen molar-refractivity contribution in [3.63, 3.8) is 0 Å². The van der Waals surface area contributed by atoms with Crippen molar-refractivity contribution >= 4 is 22.8 Å². The number of nitrogens with one attached hydrogen (secondary N) is 1. The number of aliphatic hydroxyl groups is 1. The topological polar surface area (TPSA) is 91.2 Å². The van der Waals surface area contributed by atoms with Gasteiger partial charge in [-0.3, -0.25) is 4.98 Å². The predicted molar refractivity (Wildman–Crippen MR) is 102 cm³/mol. The zero-order chi connectivity index (χ0) is 18.3. The summed E-state index contributed by atoms with van der Waals surface area (Å²) >= 11 is 0. The van der Waals surface area contributed by atoms with Crippen molar-refractivity contribution in [3.05, 3.63) is 48.7 Å². The van der Waals surface area contributed by atoms with Gasteiger partial charge in [0.2, 0.25) is 0 Å². The molecule has 0 radical (unpaired) electrons. The van der Waals surface area contributed by atoms with E-state index in [0.717, 1.165) is 10.9 Å². The van der Waals surface area contributed by atoms with E-state index in [4.69, 9.17) is 0 Å². The van der Waals surface area contributed by atoms with E-state index >= 15 is 0 Å². The fourth-order valence-electron chi connectivity index (χ4n) is 3.46. The minimum absolute atomic E-state index is 0.123. The number of hydrogen-bond donors (Lipinski definition) is 3. The monoisotopic (exact) mass is 348 g/mol. The van der Waals surface area contributed by atoms with Crippen LogP contribution in [0.15, 0.2) is 43.1 Å². The van der Waals surface area contributed by atoms with Crippen LogP contribution in [0, 0.1) is 0 Å². The Labute approximate surface area is 151 Å². The van der Waals surface area contributed by atoms with Gasteiger partial charge in [0.05, 0.1) is 5.60 Å². The SMILES string of the molecule is C=Cc1ccc(-c2nnc(NC3CC(C)(O)C3)c3ncccc23)c(O)c1. The Kier molecular flexibility index (Phi) is 3.85. The van der Waals surface area contributed by atoms with Crippen LogP contribution in [0.4, 0.5) is 5.82 Å². The molecule has 3 aromatic rings. The molecule has 6 nitrogen and oxygen atoms in total. The molecule has 132 valence electrons. The van der Waals surface area contributed by atoms with Crippen LogP contribution in [-0.2, 0) is 0 Å². The maximum absolute atomic E-state index is 10.4. The molecule has 1 saturated carbocycles. The highest BCUT2D eigenvalue weighted by Crippen LogP contribution is 2.37. The number of hydrogen-bond acceptors (Lipinski definition) is 6. The summed E-state index contributed by atoms with van der Waals surface area (Å²) in [7, 11) is 0. The van der Waals surface area contributed by atoms with Gasteiger partial charge in [-0.05, 0) is 49.6 Å². The van der Waals surface area contributed by atoms with Crippen molar-refractivity contribution in [2.75, 3.05) is 5.32 Å². The van der Waals surface area contributed by atoms with Gasteiger partial charge < -0.3 is 15.5 Å². The Morgan fingerprint density at radius 3 is 2.77 bits per heavy atom. The quantitative estimate of drug-likeness (QED) is 0.670. The van der Waals surface area contributed by atoms with Gasteiger partial charge in [0.1, 0.15) is 17.0 Å². The van der Waals surface area contributed by atoms with Crippen molar-refractivity contribution in [1.82, 2.24) is 15.2 Å². The lowest BCUT2D eigenvalue weighted by atomic mass is 9.77. The van der Waals surface area contributed by atoms with E-state index in [1.54, 1.807) is 24.4 Å². The van der Waals surface area contributed by atoms with Crippen LogP contribution < -0.4 is 5.32 Å². The molecule has 0 aliphatic heterocycles. The minimum atomic E-state index is -0.618. The molecule has 1 aliphatic carbocycles. The number of phenolic OH excluding ortho intramolecular Hbond substituents is 1. The third kappa shape index (κ3) is 2.88. The molecule has 0 spiro atoms. The molecule has 0 unspecified atom stereocenters. The van der Waals surface area contributed by atoms with Crippen molar-refractivity contribution in [2.45, 2.75) is 31.4 Å². The maximum atomic E-state index is 10.4. The number of aromatic hydroxyl groups is 1. The second kappa shape index (κ2) is 6.07. The molecule has 0 atom stereocenters. The summed E-state index contributed by atoms with van der Waals surface area (Å²) in [5.74, 6) is 0.713. The highest BCUT2D eigenvalue weighted by Gasteiger charge is 2.38. The number of nitrogens with zero attached hydrogens (tertiary/aromatic N) is 3. The first-order valence-electron chi connectivity index (χ1n) is 8.53. The van der Waals surface area contributed by atoms with Gasteiger partial charge in [0, 0.05) is 23.2 Å². The van der Waals surface area contributed by atoms with Crippen molar-refractivity contribution in [1.29, 1.82) is 0 Å². The maximum Gasteiger partial charge on any atom is 0.175 e. The standard InChI is InChI=1S/C20H20N4O2/c1-3-12-6-7-14(16(25)9-12)17-15-5-4-8-21-18(15)19(24-23-17)22-13-10-20(2,26)11-13/h3-9,13,25-26H,1,10-11H2,2H3,(H,22,24). The molecule has 0 amide bonds. The molecule has 1 aliphatic rings. The summed E-state index contributed by atoms with van der Waals surface area (Å²) in [5, 5.41) is 33.1. The summed E-state index contributed by atoms with van der Waals surface area (Å²) in [5.41, 5.74) is 2.08. The van der Waals surface area contributed by atoms with E-state index in [9.17, 15) is 10.2 Å². The second-order valence-electron chi connectivity index (χ2n) is 7.02. The van der Waals surface area contributed by atoms with Gasteiger partial charge in [0.15, 0.2) is 5.82 Å². The van der Waals surface area contributed by atoms with Gasteiger partial charge >= 0.3 is 0 Å². The summed E-state index contributed by atoms with van der Waals surface area (Å²) < 4.78 is 0. The van der Waals surface area contributed by atoms with Crippen LogP contribution >= 0.6 is 0 Å². The highest BCUT2D eigenvalue weighted by atomic mass is 16.3. The van der Waals surface area contributed by atoms with Gasteiger partial charge in [-0.2, -0.15) is 0 Å². The van der Waals surface area contributed by atoms with Crippen molar-refractivity contribution in [2.24, 2.45) is 0 Å². The van der Waals surface area contributed by atoms with E-state index in [-0.39, 0.29) is 11.8 Å². The average Bonchev–Trinajstić information content (AvgIpc) is 2.61. The van der Waals surface area contributed by atoms with E-state index in [0.29, 0.717) is 35.4 Å². The lowest BCUT2D eigenvalue weighted by Crippen LogP contribution is -2.48. The first-order valence-corrected chi connectivity index (χ1v) is 8.53. The van der Waals surface area contributed by atoms with E-state index in [1.165, 1.54) is 0 Å². The largest absolute Gasteiger partial charge is 0.507 e. The van der Waals surface area contributed by atoms with E-state index in [2.05, 4.69) is 27.1 Å². The number of rotatable bonds is 4. The molecule has 26 heavy (non-hydrogen) atoms. The predicted octanol–water partition coefficient (Wildman–Crippen LogP) is 3.37. The van der Waals surface area contributed by atoms with Crippen molar-refractivity contribution < 1.29 is 10.2 Å². The molecule has 1 aromatic carbocycles. The Morgan fingerprint density at radius 1 is 1.27 bits per heavy atom. The van der Waals surface area contributed by atoms with Crippen LogP contribution in [0.3, 0.4) is 0 Å². The third-order valence-corrected chi connectivity index (χ3v) is 4.76. The molecule has 2 heterocycles. The van der Waals surface area contributed by atoms with Crippen LogP contribution in [0.25, 0.3) is 28.2 Å². The molecule has 6 heteroatoms. The minimum Gasteiger partial charge on any atom is -0.507 e. The summed E-state index contributed by atoms with van der Waals surface area (Å²) in [6, 6.07) is 9.22. The first-order chi connectivity index (χ1) is 12.5. The smallest absolute Gasteiger partial charge is 0.175 e. The van der Waals surface area contributed by atoms with Crippen molar-refractivity contribution in [3.8, 4) is 17.0 Å². The van der Waals surface area contributed by atoms with Crippen LogP contribution in [-0.4, -0.2) is 37.0 Å². The number of fused-ring (bicyclic) bond motifs is 1. The fourth-order valence-corrected chi connectivity index (χ4v) is 3.46. The molecule has 0 bridgehead atoms. The first kappa shape index (κ1) is 16.5. The second-order valence-corrected chi connectivity index (χ2v) is 7.02. The Morgan fingerprint density at radius 2 is 2.08 bits per heavy atom. The van der Waals surface area contributed by atoms with Gasteiger partial charge in [-0.15, -0.1) is 10.2 Å².